The van der Waals surface area contributed by atoms with Crippen molar-refractivity contribution in [1.82, 2.24) is 0 Å². The van der Waals surface area contributed by atoms with E-state index in [4.69, 9.17) is 4.74 Å². The first-order valence-electron chi connectivity index (χ1n) is 3.54. The molecule has 0 aromatic heterocycles. The van der Waals surface area contributed by atoms with Crippen molar-refractivity contribution in [3.63, 3.8) is 0 Å². The molecule has 1 heterocycles. The lowest BCUT2D eigenvalue weighted by Crippen LogP contribution is -2.26. The highest BCUT2D eigenvalue weighted by Crippen LogP contribution is 2.19. The molecule has 1 nitrogen and oxygen atoms in total. The number of ether oxygens (including phenoxy) is 1. The molecule has 0 amide bonds. The zero-order valence-corrected chi connectivity index (χ0v) is 7.36. The second-order valence-electron chi connectivity index (χ2n) is 2.65. The molecule has 2 atom stereocenters. The van der Waals surface area contributed by atoms with Crippen LogP contribution in [0.3, 0.4) is 0 Å². The van der Waals surface area contributed by atoms with Gasteiger partial charge >= 0.3 is 0 Å². The molecule has 0 saturated carbocycles. The molecule has 0 aromatic rings. The zero-order valence-electron chi connectivity index (χ0n) is 5.77. The summed E-state index contributed by atoms with van der Waals surface area (Å²) in [6.07, 6.45) is 4.77. The van der Waals surface area contributed by atoms with Crippen LogP contribution in [-0.4, -0.2) is 17.5 Å². The third-order valence-electron chi connectivity index (χ3n) is 1.73. The maximum Gasteiger partial charge on any atom is 0.0675 e. The normalized spacial score (nSPS) is 36.7. The minimum Gasteiger partial charge on any atom is -0.374 e. The van der Waals surface area contributed by atoms with Crippen molar-refractivity contribution in [2.24, 2.45) is 0 Å². The summed E-state index contributed by atoms with van der Waals surface area (Å²) in [5, 5.41) is 0.997. The van der Waals surface area contributed by atoms with Gasteiger partial charge in [0, 0.05) is 5.33 Å². The number of hydrogen-bond donors (Lipinski definition) is 0. The largest absolute Gasteiger partial charge is 0.374 e. The second-order valence-corrected chi connectivity index (χ2v) is 3.30. The van der Waals surface area contributed by atoms with E-state index in [-0.39, 0.29) is 0 Å². The van der Waals surface area contributed by atoms with Crippen LogP contribution in [0.1, 0.15) is 26.2 Å². The average molecular weight is 193 g/mol. The monoisotopic (exact) mass is 192 g/mol. The molecular weight excluding hydrogens is 180 g/mol. The molecule has 0 N–H and O–H groups in total. The molecule has 1 rings (SSSR count). The van der Waals surface area contributed by atoms with E-state index in [0.717, 1.165) is 5.33 Å². The first-order chi connectivity index (χ1) is 4.33. The van der Waals surface area contributed by atoms with Crippen molar-refractivity contribution in [3.05, 3.63) is 0 Å². The second kappa shape index (κ2) is 3.57. The summed E-state index contributed by atoms with van der Waals surface area (Å²) in [6.45, 7) is 2.15. The number of alkyl halides is 1. The van der Waals surface area contributed by atoms with E-state index >= 15 is 0 Å². The molecule has 0 radical (unpaired) electrons. The highest BCUT2D eigenvalue weighted by atomic mass is 79.9. The van der Waals surface area contributed by atoms with E-state index in [1.54, 1.807) is 0 Å². The lowest BCUT2D eigenvalue weighted by Gasteiger charge is -2.26. The molecule has 0 bridgehead atoms. The van der Waals surface area contributed by atoms with E-state index in [2.05, 4.69) is 22.9 Å². The van der Waals surface area contributed by atoms with Gasteiger partial charge in [-0.25, -0.2) is 0 Å². The molecule has 0 aliphatic carbocycles. The van der Waals surface area contributed by atoms with Crippen LogP contribution in [-0.2, 0) is 4.74 Å². The van der Waals surface area contributed by atoms with Gasteiger partial charge in [-0.2, -0.15) is 0 Å². The molecule has 1 aliphatic rings. The smallest absolute Gasteiger partial charge is 0.0675 e. The Kier molecular flexibility index (Phi) is 2.99. The van der Waals surface area contributed by atoms with Crippen molar-refractivity contribution in [2.45, 2.75) is 38.4 Å². The summed E-state index contributed by atoms with van der Waals surface area (Å²) >= 11 is 3.41. The predicted octanol–water partition coefficient (Wildman–Crippen LogP) is 2.34. The SMILES string of the molecule is CC1CCCC(CBr)O1. The summed E-state index contributed by atoms with van der Waals surface area (Å²) < 4.78 is 5.59. The summed E-state index contributed by atoms with van der Waals surface area (Å²) in [5.74, 6) is 0. The van der Waals surface area contributed by atoms with Crippen molar-refractivity contribution < 1.29 is 4.74 Å². The maximum absolute atomic E-state index is 5.59. The maximum atomic E-state index is 5.59. The average Bonchev–Trinajstić information content (AvgIpc) is 1.88. The molecule has 1 fully saturated rings. The minimum atomic E-state index is 0.480. The van der Waals surface area contributed by atoms with E-state index in [1.165, 1.54) is 19.3 Å². The molecule has 0 spiro atoms. The van der Waals surface area contributed by atoms with E-state index < -0.39 is 0 Å². The van der Waals surface area contributed by atoms with Gasteiger partial charge in [0.2, 0.25) is 0 Å². The summed E-state index contributed by atoms with van der Waals surface area (Å²) in [4.78, 5) is 0. The fraction of sp³-hybridized carbons (Fsp3) is 1.00. The third kappa shape index (κ3) is 2.26. The van der Waals surface area contributed by atoms with Crippen molar-refractivity contribution in [1.29, 1.82) is 0 Å². The van der Waals surface area contributed by atoms with Gasteiger partial charge in [0.1, 0.15) is 0 Å². The zero-order chi connectivity index (χ0) is 6.69. The van der Waals surface area contributed by atoms with Crippen molar-refractivity contribution in [3.8, 4) is 0 Å². The Balaban J connectivity index is 2.23. The van der Waals surface area contributed by atoms with Crippen LogP contribution in [0, 0.1) is 0 Å². The van der Waals surface area contributed by atoms with Crippen molar-refractivity contribution >= 4 is 15.9 Å². The summed E-state index contributed by atoms with van der Waals surface area (Å²) in [7, 11) is 0. The Morgan fingerprint density at radius 3 is 2.78 bits per heavy atom. The van der Waals surface area contributed by atoms with E-state index in [9.17, 15) is 0 Å². The molecule has 2 unspecified atom stereocenters. The Bertz CT molecular complexity index is 85.0. The van der Waals surface area contributed by atoms with E-state index in [0.29, 0.717) is 12.2 Å². The van der Waals surface area contributed by atoms with Gasteiger partial charge in [0.15, 0.2) is 0 Å². The van der Waals surface area contributed by atoms with E-state index in [1.807, 2.05) is 0 Å². The molecular formula is C7H13BrO. The van der Waals surface area contributed by atoms with Crippen LogP contribution in [0.15, 0.2) is 0 Å². The molecule has 0 aromatic carbocycles. The highest BCUT2D eigenvalue weighted by Gasteiger charge is 2.17. The predicted molar refractivity (Wildman–Crippen MR) is 42.0 cm³/mol. The van der Waals surface area contributed by atoms with Crippen LogP contribution in [0.25, 0.3) is 0 Å². The van der Waals surface area contributed by atoms with Gasteiger partial charge in [-0.15, -0.1) is 0 Å². The van der Waals surface area contributed by atoms with Crippen LogP contribution < -0.4 is 0 Å². The van der Waals surface area contributed by atoms with Gasteiger partial charge in [0.25, 0.3) is 0 Å². The molecule has 1 saturated heterocycles. The van der Waals surface area contributed by atoms with Crippen LogP contribution in [0.2, 0.25) is 0 Å². The first-order valence-corrected chi connectivity index (χ1v) is 4.66. The van der Waals surface area contributed by atoms with Crippen molar-refractivity contribution in [2.75, 3.05) is 5.33 Å². The molecule has 1 aliphatic heterocycles. The summed E-state index contributed by atoms with van der Waals surface area (Å²) in [6, 6.07) is 0. The lowest BCUT2D eigenvalue weighted by atomic mass is 10.1. The molecule has 54 valence electrons. The Labute approximate surface area is 64.9 Å². The van der Waals surface area contributed by atoms with Crippen LogP contribution in [0.4, 0.5) is 0 Å². The molecule has 9 heavy (non-hydrogen) atoms. The fourth-order valence-corrected chi connectivity index (χ4v) is 1.69. The first kappa shape index (κ1) is 7.55. The lowest BCUT2D eigenvalue weighted by molar-refractivity contribution is -0.0260. The van der Waals surface area contributed by atoms with Gasteiger partial charge in [-0.3, -0.25) is 0 Å². The standard InChI is InChI=1S/C7H13BrO/c1-6-3-2-4-7(5-8)9-6/h6-7H,2-5H2,1H3. The number of halogens is 1. The topological polar surface area (TPSA) is 9.23 Å². The van der Waals surface area contributed by atoms with Gasteiger partial charge in [-0.05, 0) is 26.2 Å². The Morgan fingerprint density at radius 1 is 1.56 bits per heavy atom. The van der Waals surface area contributed by atoms with Crippen LogP contribution in [0.5, 0.6) is 0 Å². The van der Waals surface area contributed by atoms with Crippen LogP contribution >= 0.6 is 15.9 Å². The highest BCUT2D eigenvalue weighted by molar-refractivity contribution is 9.09. The fourth-order valence-electron chi connectivity index (χ4n) is 1.21. The number of rotatable bonds is 1. The number of hydrogen-bond acceptors (Lipinski definition) is 1. The Morgan fingerprint density at radius 2 is 2.33 bits per heavy atom. The van der Waals surface area contributed by atoms with Gasteiger partial charge < -0.3 is 4.74 Å². The van der Waals surface area contributed by atoms with Gasteiger partial charge in [0.05, 0.1) is 12.2 Å². The minimum absolute atomic E-state index is 0.480. The Hall–Kier alpha value is 0.440. The molecule has 2 heteroatoms. The summed E-state index contributed by atoms with van der Waals surface area (Å²) in [5.41, 5.74) is 0. The quantitative estimate of drug-likeness (QED) is 0.580. The third-order valence-corrected chi connectivity index (χ3v) is 2.46. The van der Waals surface area contributed by atoms with Gasteiger partial charge in [-0.1, -0.05) is 15.9 Å².